The lowest BCUT2D eigenvalue weighted by Gasteiger charge is -2.45. The van der Waals surface area contributed by atoms with E-state index < -0.39 is 0 Å². The van der Waals surface area contributed by atoms with E-state index in [1.54, 1.807) is 0 Å². The van der Waals surface area contributed by atoms with Crippen molar-refractivity contribution in [2.75, 3.05) is 6.54 Å². The molecule has 2 aliphatic rings. The molecule has 1 saturated carbocycles. The number of H-pyrrole nitrogens is 1. The van der Waals surface area contributed by atoms with Crippen LogP contribution in [0.1, 0.15) is 69.8 Å². The number of fused-ring (bicyclic) bond motifs is 3. The Morgan fingerprint density at radius 3 is 2.55 bits per heavy atom. The number of nitrogens with one attached hydrogen (secondary N) is 1. The van der Waals surface area contributed by atoms with Gasteiger partial charge in [-0.15, -0.1) is 0 Å². The molecule has 1 fully saturated rings. The van der Waals surface area contributed by atoms with Gasteiger partial charge in [-0.05, 0) is 54.7 Å². The minimum Gasteiger partial charge on any atom is -0.446 e. The molecule has 33 heavy (non-hydrogen) atoms. The van der Waals surface area contributed by atoms with Crippen molar-refractivity contribution in [2.24, 2.45) is 11.8 Å². The summed E-state index contributed by atoms with van der Waals surface area (Å²) in [5, 5.41) is 1.28. The first-order valence-corrected chi connectivity index (χ1v) is 12.5. The predicted molar refractivity (Wildman–Crippen MR) is 133 cm³/mol. The standard InChI is InChI=1S/C29H36N2O2/c1-19-14-15-24(29(3,4)21-10-6-5-7-11-21)26(18-19)33-28(32)31-17-16-23-22-12-8-9-13-25(22)30-27(23)20(31)2/h5-13,19-20,24,26,30H,14-18H2,1-4H3/t19?,20-,24?,26?/m1/s1. The Morgan fingerprint density at radius 2 is 1.76 bits per heavy atom. The van der Waals surface area contributed by atoms with Gasteiger partial charge < -0.3 is 9.72 Å². The second-order valence-corrected chi connectivity index (χ2v) is 10.7. The summed E-state index contributed by atoms with van der Waals surface area (Å²) in [5.74, 6) is 0.883. The quantitative estimate of drug-likeness (QED) is 0.472. The topological polar surface area (TPSA) is 45.3 Å². The summed E-state index contributed by atoms with van der Waals surface area (Å²) in [4.78, 5) is 19.0. The molecule has 0 radical (unpaired) electrons. The molecule has 1 aromatic heterocycles. The highest BCUT2D eigenvalue weighted by atomic mass is 16.6. The zero-order valence-corrected chi connectivity index (χ0v) is 20.3. The highest BCUT2D eigenvalue weighted by Crippen LogP contribution is 2.44. The van der Waals surface area contributed by atoms with E-state index in [0.29, 0.717) is 18.4 Å². The maximum absolute atomic E-state index is 13.5. The Morgan fingerprint density at radius 1 is 1.03 bits per heavy atom. The van der Waals surface area contributed by atoms with Gasteiger partial charge in [0.1, 0.15) is 6.10 Å². The molecule has 4 heteroatoms. The van der Waals surface area contributed by atoms with Gasteiger partial charge in [0, 0.05) is 29.1 Å². The second-order valence-electron chi connectivity index (χ2n) is 10.7. The average Bonchev–Trinajstić information content (AvgIpc) is 3.19. The van der Waals surface area contributed by atoms with Crippen LogP contribution in [0.25, 0.3) is 10.9 Å². The molecule has 2 heterocycles. The molecule has 0 bridgehead atoms. The van der Waals surface area contributed by atoms with Gasteiger partial charge in [0.25, 0.3) is 0 Å². The Hall–Kier alpha value is -2.75. The molecule has 4 nitrogen and oxygen atoms in total. The molecule has 3 aromatic rings. The number of hydrogen-bond acceptors (Lipinski definition) is 2. The predicted octanol–water partition coefficient (Wildman–Crippen LogP) is 7.01. The van der Waals surface area contributed by atoms with Crippen molar-refractivity contribution in [3.05, 3.63) is 71.4 Å². The SMILES string of the molecule is CC1CCC(C(C)(C)c2ccccc2)C(OC(=O)N2CCc3c([nH]c4ccccc34)[C@H]2C)C1. The van der Waals surface area contributed by atoms with Crippen LogP contribution in [0, 0.1) is 11.8 Å². The maximum atomic E-state index is 13.5. The number of ether oxygens (including phenoxy) is 1. The Labute approximate surface area is 197 Å². The van der Waals surface area contributed by atoms with E-state index in [2.05, 4.69) is 87.3 Å². The fourth-order valence-corrected chi connectivity index (χ4v) is 6.24. The third-order valence-corrected chi connectivity index (χ3v) is 8.32. The Kier molecular flexibility index (Phi) is 5.72. The van der Waals surface area contributed by atoms with E-state index in [1.807, 2.05) is 4.90 Å². The lowest BCUT2D eigenvalue weighted by Crippen LogP contribution is -2.47. The smallest absolute Gasteiger partial charge is 0.410 e. The number of rotatable bonds is 3. The third kappa shape index (κ3) is 3.94. The van der Waals surface area contributed by atoms with Gasteiger partial charge in [-0.1, -0.05) is 75.7 Å². The third-order valence-electron chi connectivity index (χ3n) is 8.32. The largest absolute Gasteiger partial charge is 0.446 e. The summed E-state index contributed by atoms with van der Waals surface area (Å²) < 4.78 is 6.35. The summed E-state index contributed by atoms with van der Waals surface area (Å²) in [5.41, 5.74) is 4.91. The summed E-state index contributed by atoms with van der Waals surface area (Å²) in [6, 6.07) is 19.1. The normalized spacial score (nSPS) is 25.6. The second kappa shape index (κ2) is 8.55. The highest BCUT2D eigenvalue weighted by Gasteiger charge is 2.43. The van der Waals surface area contributed by atoms with Crippen LogP contribution in [0.4, 0.5) is 4.79 Å². The van der Waals surface area contributed by atoms with Gasteiger partial charge in [0.2, 0.25) is 0 Å². The monoisotopic (exact) mass is 444 g/mol. The highest BCUT2D eigenvalue weighted by molar-refractivity contribution is 5.85. The van der Waals surface area contributed by atoms with Crippen molar-refractivity contribution in [3.8, 4) is 0 Å². The molecule has 174 valence electrons. The van der Waals surface area contributed by atoms with Crippen LogP contribution in [-0.4, -0.2) is 28.6 Å². The van der Waals surface area contributed by atoms with E-state index in [4.69, 9.17) is 4.74 Å². The number of aromatic nitrogens is 1. The molecule has 2 aromatic carbocycles. The number of amides is 1. The first-order chi connectivity index (χ1) is 15.9. The number of nitrogens with zero attached hydrogens (tertiary/aromatic N) is 1. The van der Waals surface area contributed by atoms with E-state index in [-0.39, 0.29) is 23.7 Å². The molecule has 4 atom stereocenters. The van der Waals surface area contributed by atoms with Gasteiger partial charge >= 0.3 is 6.09 Å². The zero-order chi connectivity index (χ0) is 23.2. The number of carbonyl (C=O) groups excluding carboxylic acids is 1. The van der Waals surface area contributed by atoms with E-state index in [1.165, 1.54) is 22.9 Å². The van der Waals surface area contributed by atoms with Gasteiger partial charge in [-0.3, -0.25) is 4.90 Å². The molecule has 1 amide bonds. The fraction of sp³-hybridized carbons (Fsp3) is 0.483. The van der Waals surface area contributed by atoms with Crippen molar-refractivity contribution in [1.82, 2.24) is 9.88 Å². The van der Waals surface area contributed by atoms with Crippen LogP contribution in [-0.2, 0) is 16.6 Å². The van der Waals surface area contributed by atoms with Crippen LogP contribution in [0.15, 0.2) is 54.6 Å². The zero-order valence-electron chi connectivity index (χ0n) is 20.3. The van der Waals surface area contributed by atoms with E-state index in [0.717, 1.165) is 30.5 Å². The van der Waals surface area contributed by atoms with Gasteiger partial charge in [0.15, 0.2) is 0 Å². The first-order valence-electron chi connectivity index (χ1n) is 12.5. The van der Waals surface area contributed by atoms with E-state index >= 15 is 0 Å². The minimum atomic E-state index is -0.167. The maximum Gasteiger partial charge on any atom is 0.410 e. The fourth-order valence-electron chi connectivity index (χ4n) is 6.24. The molecule has 0 saturated heterocycles. The number of aromatic amines is 1. The van der Waals surface area contributed by atoms with Crippen molar-refractivity contribution >= 4 is 17.0 Å². The average molecular weight is 445 g/mol. The van der Waals surface area contributed by atoms with Crippen molar-refractivity contribution in [1.29, 1.82) is 0 Å². The van der Waals surface area contributed by atoms with Gasteiger partial charge in [-0.2, -0.15) is 0 Å². The van der Waals surface area contributed by atoms with Gasteiger partial charge in [-0.25, -0.2) is 4.79 Å². The molecule has 1 aliphatic heterocycles. The first kappa shape index (κ1) is 22.1. The molecule has 3 unspecified atom stereocenters. The number of para-hydroxylation sites is 1. The Bertz CT molecular complexity index is 1130. The lowest BCUT2D eigenvalue weighted by atomic mass is 9.64. The molecule has 5 rings (SSSR count). The number of benzene rings is 2. The van der Waals surface area contributed by atoms with Crippen LogP contribution in [0.5, 0.6) is 0 Å². The van der Waals surface area contributed by atoms with Gasteiger partial charge in [0.05, 0.1) is 6.04 Å². The van der Waals surface area contributed by atoms with E-state index in [9.17, 15) is 4.79 Å². The lowest BCUT2D eigenvalue weighted by molar-refractivity contribution is -0.0231. The van der Waals surface area contributed by atoms with Crippen LogP contribution in [0.3, 0.4) is 0 Å². The number of hydrogen-bond donors (Lipinski definition) is 1. The molecule has 1 aliphatic carbocycles. The summed E-state index contributed by atoms with van der Waals surface area (Å²) in [7, 11) is 0. The molecular formula is C29H36N2O2. The minimum absolute atomic E-state index is 0.0183. The Balaban J connectivity index is 1.37. The van der Waals surface area contributed by atoms with Crippen LogP contribution in [0.2, 0.25) is 0 Å². The summed E-state index contributed by atoms with van der Waals surface area (Å²) in [6.45, 7) is 9.72. The van der Waals surface area contributed by atoms with Crippen LogP contribution < -0.4 is 0 Å². The van der Waals surface area contributed by atoms with Crippen LogP contribution >= 0.6 is 0 Å². The summed E-state index contributed by atoms with van der Waals surface area (Å²) >= 11 is 0. The van der Waals surface area contributed by atoms with Crippen molar-refractivity contribution in [2.45, 2.75) is 70.9 Å². The molecule has 1 N–H and O–H groups in total. The number of carbonyl (C=O) groups is 1. The molecule has 0 spiro atoms. The van der Waals surface area contributed by atoms with Crippen molar-refractivity contribution in [3.63, 3.8) is 0 Å². The molecular weight excluding hydrogens is 408 g/mol. The summed E-state index contributed by atoms with van der Waals surface area (Å²) in [6.07, 6.45) is 3.84. The van der Waals surface area contributed by atoms with Crippen molar-refractivity contribution < 1.29 is 9.53 Å².